The third kappa shape index (κ3) is 5.24. The molecule has 0 radical (unpaired) electrons. The Morgan fingerprint density at radius 2 is 1.85 bits per heavy atom. The number of aliphatic imine (C=N–C) groups is 1. The topological polar surface area (TPSA) is 30.8 Å². The van der Waals surface area contributed by atoms with Gasteiger partial charge < -0.3 is 9.47 Å². The summed E-state index contributed by atoms with van der Waals surface area (Å²) in [6.07, 6.45) is 7.59. The summed E-state index contributed by atoms with van der Waals surface area (Å²) in [6, 6.07) is 10.7. The standard InChI is InChI=1S/C17H25NO2/c1-2-19-17(18-16-11-7-4-8-12-16)20-14-13-15-9-5-3-6-10-15/h3,5-6,9-10,16H,2,4,7-8,11-14H2,1H3. The van der Waals surface area contributed by atoms with E-state index in [1.165, 1.54) is 37.7 Å². The van der Waals surface area contributed by atoms with E-state index in [1.807, 2.05) is 13.0 Å². The SMILES string of the molecule is CCOC(=NC1CCCCC1)OCCc1ccccc1. The van der Waals surface area contributed by atoms with Crippen LogP contribution in [0.15, 0.2) is 35.3 Å². The van der Waals surface area contributed by atoms with Gasteiger partial charge in [-0.05, 0) is 25.3 Å². The Hall–Kier alpha value is -1.51. The van der Waals surface area contributed by atoms with Crippen LogP contribution < -0.4 is 0 Å². The molecule has 3 heteroatoms. The van der Waals surface area contributed by atoms with Gasteiger partial charge in [-0.25, -0.2) is 4.99 Å². The predicted octanol–water partition coefficient (Wildman–Crippen LogP) is 3.97. The van der Waals surface area contributed by atoms with Crippen LogP contribution >= 0.6 is 0 Å². The first-order chi connectivity index (χ1) is 9.88. The largest absolute Gasteiger partial charge is 0.451 e. The van der Waals surface area contributed by atoms with Crippen molar-refractivity contribution in [1.29, 1.82) is 0 Å². The van der Waals surface area contributed by atoms with Crippen molar-refractivity contribution in [2.75, 3.05) is 13.2 Å². The molecule has 1 saturated carbocycles. The molecule has 1 fully saturated rings. The lowest BCUT2D eigenvalue weighted by atomic mass is 9.96. The summed E-state index contributed by atoms with van der Waals surface area (Å²) in [7, 11) is 0. The molecule has 0 aromatic heterocycles. The van der Waals surface area contributed by atoms with Crippen LogP contribution in [-0.4, -0.2) is 25.3 Å². The number of ether oxygens (including phenoxy) is 2. The van der Waals surface area contributed by atoms with E-state index in [2.05, 4.69) is 29.3 Å². The van der Waals surface area contributed by atoms with Crippen LogP contribution in [0.25, 0.3) is 0 Å². The molecule has 20 heavy (non-hydrogen) atoms. The van der Waals surface area contributed by atoms with Crippen LogP contribution in [0.3, 0.4) is 0 Å². The van der Waals surface area contributed by atoms with E-state index >= 15 is 0 Å². The van der Waals surface area contributed by atoms with Crippen molar-refractivity contribution in [3.05, 3.63) is 35.9 Å². The number of hydrogen-bond donors (Lipinski definition) is 0. The van der Waals surface area contributed by atoms with E-state index in [0.29, 0.717) is 25.3 Å². The van der Waals surface area contributed by atoms with Crippen molar-refractivity contribution in [3.8, 4) is 0 Å². The monoisotopic (exact) mass is 275 g/mol. The zero-order valence-corrected chi connectivity index (χ0v) is 12.4. The van der Waals surface area contributed by atoms with Crippen LogP contribution in [0.5, 0.6) is 0 Å². The fourth-order valence-corrected chi connectivity index (χ4v) is 2.50. The number of nitrogens with zero attached hydrogens (tertiary/aromatic N) is 1. The fourth-order valence-electron chi connectivity index (χ4n) is 2.50. The molecule has 0 N–H and O–H groups in total. The number of rotatable bonds is 5. The molecule has 0 bridgehead atoms. The molecule has 0 amide bonds. The second-order valence-electron chi connectivity index (χ2n) is 5.20. The smallest absolute Gasteiger partial charge is 0.383 e. The lowest BCUT2D eigenvalue weighted by Gasteiger charge is -2.19. The maximum Gasteiger partial charge on any atom is 0.383 e. The van der Waals surface area contributed by atoms with E-state index < -0.39 is 0 Å². The van der Waals surface area contributed by atoms with Crippen molar-refractivity contribution >= 4 is 6.08 Å². The summed E-state index contributed by atoms with van der Waals surface area (Å²) in [5.41, 5.74) is 1.28. The molecule has 0 saturated heterocycles. The summed E-state index contributed by atoms with van der Waals surface area (Å²) in [5.74, 6) is 0. The van der Waals surface area contributed by atoms with Gasteiger partial charge in [-0.1, -0.05) is 49.6 Å². The number of hydrogen-bond acceptors (Lipinski definition) is 3. The minimum atomic E-state index is 0.391. The van der Waals surface area contributed by atoms with E-state index in [0.717, 1.165) is 6.42 Å². The predicted molar refractivity (Wildman–Crippen MR) is 82.0 cm³/mol. The fraction of sp³-hybridized carbons (Fsp3) is 0.588. The van der Waals surface area contributed by atoms with Gasteiger partial charge in [0.1, 0.15) is 0 Å². The Labute approximate surface area is 122 Å². The highest BCUT2D eigenvalue weighted by Crippen LogP contribution is 2.20. The first kappa shape index (κ1) is 14.9. The zero-order chi connectivity index (χ0) is 14.0. The molecule has 0 heterocycles. The van der Waals surface area contributed by atoms with Gasteiger partial charge in [0.15, 0.2) is 0 Å². The average molecular weight is 275 g/mol. The molecular weight excluding hydrogens is 250 g/mol. The van der Waals surface area contributed by atoms with Crippen molar-refractivity contribution in [3.63, 3.8) is 0 Å². The van der Waals surface area contributed by atoms with E-state index in [4.69, 9.17) is 9.47 Å². The Bertz CT molecular complexity index is 397. The Kier molecular flexibility index (Phi) is 6.42. The minimum absolute atomic E-state index is 0.391. The van der Waals surface area contributed by atoms with Crippen LogP contribution in [0.1, 0.15) is 44.6 Å². The normalized spacial score (nSPS) is 16.9. The van der Waals surface area contributed by atoms with E-state index in [-0.39, 0.29) is 0 Å². The Morgan fingerprint density at radius 1 is 1.10 bits per heavy atom. The third-order valence-corrected chi connectivity index (χ3v) is 3.59. The maximum absolute atomic E-state index is 5.72. The second-order valence-corrected chi connectivity index (χ2v) is 5.20. The molecule has 0 spiro atoms. The van der Waals surface area contributed by atoms with Crippen molar-refractivity contribution < 1.29 is 9.47 Å². The quantitative estimate of drug-likeness (QED) is 0.601. The highest BCUT2D eigenvalue weighted by Gasteiger charge is 2.14. The van der Waals surface area contributed by atoms with Crippen LogP contribution in [-0.2, 0) is 15.9 Å². The van der Waals surface area contributed by atoms with Crippen molar-refractivity contribution in [2.24, 2.45) is 4.99 Å². The first-order valence-electron chi connectivity index (χ1n) is 7.76. The summed E-state index contributed by atoms with van der Waals surface area (Å²) < 4.78 is 11.2. The molecule has 1 aromatic rings. The van der Waals surface area contributed by atoms with Gasteiger partial charge in [0.05, 0.1) is 19.3 Å². The van der Waals surface area contributed by atoms with Crippen LogP contribution in [0.2, 0.25) is 0 Å². The summed E-state index contributed by atoms with van der Waals surface area (Å²) in [5, 5.41) is 0. The van der Waals surface area contributed by atoms with Crippen molar-refractivity contribution in [1.82, 2.24) is 0 Å². The lowest BCUT2D eigenvalue weighted by molar-refractivity contribution is 0.170. The van der Waals surface area contributed by atoms with Gasteiger partial charge in [-0.3, -0.25) is 0 Å². The highest BCUT2D eigenvalue weighted by molar-refractivity contribution is 5.67. The molecule has 2 rings (SSSR count). The molecule has 1 aliphatic carbocycles. The number of benzene rings is 1. The minimum Gasteiger partial charge on any atom is -0.451 e. The van der Waals surface area contributed by atoms with Crippen LogP contribution in [0.4, 0.5) is 0 Å². The van der Waals surface area contributed by atoms with E-state index in [1.54, 1.807) is 0 Å². The van der Waals surface area contributed by atoms with Gasteiger partial charge in [-0.2, -0.15) is 0 Å². The summed E-state index contributed by atoms with van der Waals surface area (Å²) in [4.78, 5) is 4.63. The average Bonchev–Trinajstić information content (AvgIpc) is 2.49. The van der Waals surface area contributed by atoms with Gasteiger partial charge in [-0.15, -0.1) is 0 Å². The molecule has 3 nitrogen and oxygen atoms in total. The van der Waals surface area contributed by atoms with Gasteiger partial charge in [0.2, 0.25) is 0 Å². The zero-order valence-electron chi connectivity index (χ0n) is 12.4. The summed E-state index contributed by atoms with van der Waals surface area (Å²) >= 11 is 0. The maximum atomic E-state index is 5.72. The van der Waals surface area contributed by atoms with Crippen LogP contribution in [0, 0.1) is 0 Å². The Morgan fingerprint density at radius 3 is 2.55 bits per heavy atom. The lowest BCUT2D eigenvalue weighted by Crippen LogP contribution is -2.18. The van der Waals surface area contributed by atoms with Crippen molar-refractivity contribution in [2.45, 2.75) is 51.5 Å². The molecule has 0 atom stereocenters. The molecule has 0 aliphatic heterocycles. The van der Waals surface area contributed by atoms with E-state index in [9.17, 15) is 0 Å². The van der Waals surface area contributed by atoms with Gasteiger partial charge >= 0.3 is 6.08 Å². The second kappa shape index (κ2) is 8.62. The first-order valence-corrected chi connectivity index (χ1v) is 7.76. The summed E-state index contributed by atoms with van der Waals surface area (Å²) in [6.45, 7) is 3.20. The Balaban J connectivity index is 1.80. The van der Waals surface area contributed by atoms with Gasteiger partial charge in [0.25, 0.3) is 0 Å². The molecule has 1 aromatic carbocycles. The highest BCUT2D eigenvalue weighted by atomic mass is 16.7. The molecule has 1 aliphatic rings. The third-order valence-electron chi connectivity index (χ3n) is 3.59. The molecule has 0 unspecified atom stereocenters. The molecule has 110 valence electrons. The molecular formula is C17H25NO2. The van der Waals surface area contributed by atoms with Gasteiger partial charge in [0, 0.05) is 6.42 Å².